The first-order valence-corrected chi connectivity index (χ1v) is 18.3. The van der Waals surface area contributed by atoms with E-state index in [-0.39, 0.29) is 28.0 Å². The number of aromatic amines is 2. The molecule has 2 amide bonds. The zero-order chi connectivity index (χ0) is 39.2. The van der Waals surface area contributed by atoms with Crippen LogP contribution in [0.2, 0.25) is 0 Å². The summed E-state index contributed by atoms with van der Waals surface area (Å²) < 4.78 is 10.5. The van der Waals surface area contributed by atoms with E-state index in [2.05, 4.69) is 66.6 Å². The summed E-state index contributed by atoms with van der Waals surface area (Å²) in [5.41, 5.74) is 19.0. The Labute approximate surface area is 333 Å². The Morgan fingerprint density at radius 2 is 1.05 bits per heavy atom. The number of anilines is 2. The molecular formula is C42H38N8O4S2. The molecule has 5 aromatic carbocycles. The van der Waals surface area contributed by atoms with Gasteiger partial charge >= 0.3 is 0 Å². The highest BCUT2D eigenvalue weighted by Crippen LogP contribution is 2.40. The number of nitrogens with one attached hydrogen (secondary N) is 8. The molecule has 8 N–H and O–H groups in total. The maximum atomic E-state index is 13.4. The number of benzene rings is 5. The Bertz CT molecular complexity index is 2430. The number of hydrogen-bond acceptors (Lipinski definition) is 6. The lowest BCUT2D eigenvalue weighted by Gasteiger charge is -2.18. The molecule has 0 spiro atoms. The Balaban J connectivity index is 1.14. The lowest BCUT2D eigenvalue weighted by Crippen LogP contribution is -2.43. The summed E-state index contributed by atoms with van der Waals surface area (Å²) >= 11 is 10.8. The van der Waals surface area contributed by atoms with E-state index < -0.39 is 0 Å². The third-order valence-electron chi connectivity index (χ3n) is 9.22. The summed E-state index contributed by atoms with van der Waals surface area (Å²) in [5.74, 6) is 0.343. The van der Waals surface area contributed by atoms with Gasteiger partial charge in [-0.2, -0.15) is 0 Å². The second-order valence-corrected chi connectivity index (χ2v) is 13.7. The van der Waals surface area contributed by atoms with Gasteiger partial charge in [-0.1, -0.05) is 42.0 Å². The number of thiocarbonyl (C=S) groups is 2. The summed E-state index contributed by atoms with van der Waals surface area (Å²) in [5, 5.41) is 8.23. The van der Waals surface area contributed by atoms with Gasteiger partial charge in [0.05, 0.1) is 14.2 Å². The fraction of sp³-hybridized carbons (Fsp3) is 0.0952. The normalized spacial score (nSPS) is 10.9. The van der Waals surface area contributed by atoms with Crippen LogP contribution in [-0.2, 0) is 0 Å². The topological polar surface area (TPSA) is 156 Å². The number of methoxy groups -OCH3 is 2. The van der Waals surface area contributed by atoms with Gasteiger partial charge < -0.3 is 30.1 Å². The second kappa shape index (κ2) is 16.6. The minimum absolute atomic E-state index is 0.213. The van der Waals surface area contributed by atoms with Crippen LogP contribution >= 0.6 is 24.4 Å². The van der Waals surface area contributed by atoms with Gasteiger partial charge in [-0.25, -0.2) is 0 Å². The third-order valence-corrected chi connectivity index (χ3v) is 9.63. The van der Waals surface area contributed by atoms with E-state index in [0.717, 1.165) is 44.1 Å². The van der Waals surface area contributed by atoms with Gasteiger partial charge in [-0.3, -0.25) is 31.3 Å². The molecule has 0 aliphatic rings. The molecule has 7 aromatic rings. The Morgan fingerprint density at radius 3 is 1.50 bits per heavy atom. The van der Waals surface area contributed by atoms with Crippen LogP contribution in [0, 0.1) is 6.92 Å². The van der Waals surface area contributed by atoms with E-state index in [1.54, 1.807) is 38.5 Å². The molecule has 0 aliphatic heterocycles. The molecule has 0 fully saturated rings. The first-order chi connectivity index (χ1) is 27.2. The van der Waals surface area contributed by atoms with Crippen molar-refractivity contribution in [2.75, 3.05) is 24.9 Å². The average Bonchev–Trinajstić information content (AvgIpc) is 3.84. The van der Waals surface area contributed by atoms with Gasteiger partial charge in [0.25, 0.3) is 11.8 Å². The van der Waals surface area contributed by atoms with Crippen LogP contribution in [0.4, 0.5) is 11.4 Å². The fourth-order valence-corrected chi connectivity index (χ4v) is 6.77. The summed E-state index contributed by atoms with van der Waals surface area (Å²) in [6.07, 6.45) is 3.94. The number of aryl methyl sites for hydroxylation is 1. The molecule has 0 unspecified atom stereocenters. The van der Waals surface area contributed by atoms with Crippen LogP contribution in [-0.4, -0.2) is 46.2 Å². The summed E-state index contributed by atoms with van der Waals surface area (Å²) in [7, 11) is 3.18. The number of hydrazine groups is 2. The largest absolute Gasteiger partial charge is 0.497 e. The lowest BCUT2D eigenvalue weighted by molar-refractivity contribution is 0.0936. The Morgan fingerprint density at radius 1 is 0.589 bits per heavy atom. The molecule has 2 aromatic heterocycles. The standard InChI is InChI=1S/C42H38N8O4S2/c1-24-10-12-25(13-11-24)38(34-22-43-36-16-14-26(18-32(34)36)39(51)47-49-41(55)45-28-6-4-8-30(20-28)53-2)35-23-44-37-17-15-27(19-33(35)37)40(52)48-50-42(56)46-29-7-5-9-31(21-29)54-3/h4-23,38,43-44H,1-3H3,(H,47,51)(H,48,52)(H2,45,49,55)(H2,46,50,56). The minimum atomic E-state index is -0.365. The predicted molar refractivity (Wildman–Crippen MR) is 228 cm³/mol. The Kier molecular flexibility index (Phi) is 11.1. The Hall–Kier alpha value is -6.90. The van der Waals surface area contributed by atoms with Crippen molar-refractivity contribution < 1.29 is 19.1 Å². The zero-order valence-electron chi connectivity index (χ0n) is 30.6. The molecule has 0 aliphatic carbocycles. The van der Waals surface area contributed by atoms with Crippen molar-refractivity contribution in [3.05, 3.63) is 155 Å². The summed E-state index contributed by atoms with van der Waals surface area (Å²) in [4.78, 5) is 33.6. The number of H-pyrrole nitrogens is 2. The molecule has 12 nitrogen and oxygen atoms in total. The first kappa shape index (κ1) is 37.4. The van der Waals surface area contributed by atoms with E-state index in [9.17, 15) is 9.59 Å². The predicted octanol–water partition coefficient (Wildman–Crippen LogP) is 7.42. The molecule has 0 radical (unpaired) electrons. The van der Waals surface area contributed by atoms with E-state index >= 15 is 0 Å². The van der Waals surface area contributed by atoms with Crippen molar-refractivity contribution in [3.63, 3.8) is 0 Å². The quantitative estimate of drug-likeness (QED) is 0.0548. The van der Waals surface area contributed by atoms with Crippen molar-refractivity contribution in [2.24, 2.45) is 0 Å². The molecule has 14 heteroatoms. The van der Waals surface area contributed by atoms with E-state index in [1.807, 2.05) is 80.0 Å². The van der Waals surface area contributed by atoms with Crippen LogP contribution in [0.3, 0.4) is 0 Å². The number of carbonyl (C=O) groups excluding carboxylic acids is 2. The van der Waals surface area contributed by atoms with Gasteiger partial charge in [0, 0.05) is 74.8 Å². The number of rotatable bonds is 9. The van der Waals surface area contributed by atoms with Gasteiger partial charge in [0.2, 0.25) is 0 Å². The fourth-order valence-electron chi connectivity index (χ4n) is 6.43. The number of amides is 2. The van der Waals surface area contributed by atoms with Gasteiger partial charge in [-0.15, -0.1) is 0 Å². The molecular weight excluding hydrogens is 745 g/mol. The number of fused-ring (bicyclic) bond motifs is 2. The second-order valence-electron chi connectivity index (χ2n) is 12.9. The summed E-state index contributed by atoms with van der Waals surface area (Å²) in [6.45, 7) is 2.05. The van der Waals surface area contributed by atoms with E-state index in [4.69, 9.17) is 33.9 Å². The molecule has 0 atom stereocenters. The van der Waals surface area contributed by atoms with Crippen LogP contribution in [0.5, 0.6) is 11.5 Å². The smallest absolute Gasteiger partial charge is 0.269 e. The molecule has 0 saturated carbocycles. The lowest BCUT2D eigenvalue weighted by atomic mass is 9.84. The minimum Gasteiger partial charge on any atom is -0.497 e. The van der Waals surface area contributed by atoms with Crippen molar-refractivity contribution in [2.45, 2.75) is 12.8 Å². The highest BCUT2D eigenvalue weighted by atomic mass is 32.1. The number of aromatic nitrogens is 2. The van der Waals surface area contributed by atoms with Gasteiger partial charge in [0.15, 0.2) is 10.2 Å². The van der Waals surface area contributed by atoms with Crippen LogP contribution in [0.15, 0.2) is 122 Å². The van der Waals surface area contributed by atoms with Crippen LogP contribution in [0.25, 0.3) is 21.8 Å². The monoisotopic (exact) mass is 782 g/mol. The van der Waals surface area contributed by atoms with Gasteiger partial charge in [-0.05, 0) is 109 Å². The van der Waals surface area contributed by atoms with Crippen molar-refractivity contribution in [1.29, 1.82) is 0 Å². The number of hydrogen-bond donors (Lipinski definition) is 8. The molecule has 282 valence electrons. The summed E-state index contributed by atoms with van der Waals surface area (Å²) in [6, 6.07) is 33.9. The maximum Gasteiger partial charge on any atom is 0.269 e. The molecule has 2 heterocycles. The first-order valence-electron chi connectivity index (χ1n) is 17.5. The molecule has 7 rings (SSSR count). The molecule has 0 saturated heterocycles. The molecule has 56 heavy (non-hydrogen) atoms. The van der Waals surface area contributed by atoms with Crippen molar-refractivity contribution in [1.82, 2.24) is 31.7 Å². The van der Waals surface area contributed by atoms with Crippen molar-refractivity contribution in [3.8, 4) is 11.5 Å². The number of carbonyl (C=O) groups is 2. The maximum absolute atomic E-state index is 13.4. The van der Waals surface area contributed by atoms with Crippen LogP contribution < -0.4 is 41.8 Å². The van der Waals surface area contributed by atoms with E-state index in [0.29, 0.717) is 34.0 Å². The average molecular weight is 783 g/mol. The number of ether oxygens (including phenoxy) is 2. The highest BCUT2D eigenvalue weighted by molar-refractivity contribution is 7.80. The van der Waals surface area contributed by atoms with Crippen molar-refractivity contribution >= 4 is 79.7 Å². The third kappa shape index (κ3) is 8.41. The highest BCUT2D eigenvalue weighted by Gasteiger charge is 2.25. The molecule has 0 bridgehead atoms. The van der Waals surface area contributed by atoms with Crippen LogP contribution in [0.1, 0.15) is 48.9 Å². The van der Waals surface area contributed by atoms with Gasteiger partial charge in [0.1, 0.15) is 11.5 Å². The van der Waals surface area contributed by atoms with E-state index in [1.165, 1.54) is 0 Å². The SMILES string of the molecule is COc1cccc(NC(=S)NNC(=O)c2ccc3[nH]cc(C(c4ccc(C)cc4)c4c[nH]c5ccc(C(=O)NNC(=S)Nc6cccc(OC)c6)cc45)c3c2)c1. The zero-order valence-corrected chi connectivity index (χ0v) is 32.2.